The molecular weight excluding hydrogens is 394 g/mol. The number of hydrogen-bond acceptors (Lipinski definition) is 5. The van der Waals surface area contributed by atoms with E-state index >= 15 is 0 Å². The van der Waals surface area contributed by atoms with Crippen LogP contribution in [0.2, 0.25) is 0 Å². The second kappa shape index (κ2) is 7.65. The molecule has 0 fully saturated rings. The summed E-state index contributed by atoms with van der Waals surface area (Å²) in [4.78, 5) is 26.5. The summed E-state index contributed by atoms with van der Waals surface area (Å²) in [6.45, 7) is 0.512. The van der Waals surface area contributed by atoms with Gasteiger partial charge in [0.15, 0.2) is 17.3 Å². The van der Waals surface area contributed by atoms with E-state index in [1.165, 1.54) is 0 Å². The Hall–Kier alpha value is -4.06. The van der Waals surface area contributed by atoms with Gasteiger partial charge in [-0.3, -0.25) is 9.59 Å². The molecule has 2 heterocycles. The molecule has 0 saturated heterocycles. The number of ketones is 1. The Morgan fingerprint density at radius 2 is 1.71 bits per heavy atom. The van der Waals surface area contributed by atoms with Crippen LogP contribution in [0.1, 0.15) is 21.5 Å². The van der Waals surface area contributed by atoms with Crippen molar-refractivity contribution >= 4 is 16.7 Å². The number of fused-ring (bicyclic) bond motifs is 2. The van der Waals surface area contributed by atoms with Crippen molar-refractivity contribution in [3.63, 3.8) is 0 Å². The first-order valence-electron chi connectivity index (χ1n) is 9.84. The molecule has 0 N–H and O–H groups in total. The molecule has 0 saturated carbocycles. The fraction of sp³-hybridized carbons (Fsp3) is 0.120. The standard InChI is InChI=1S/C25H19NO5/c1-29-21-10-6-5-9-17(21)13-26-14-19(24(27)16-7-3-2-4-8-16)25(28)18-11-22-23(12-20(18)26)31-15-30-22/h2-12,14H,13,15H2,1H3. The van der Waals surface area contributed by atoms with Crippen LogP contribution in [-0.2, 0) is 6.54 Å². The quantitative estimate of drug-likeness (QED) is 0.463. The monoisotopic (exact) mass is 413 g/mol. The smallest absolute Gasteiger partial charge is 0.231 e. The molecule has 1 aliphatic heterocycles. The molecule has 3 aromatic carbocycles. The van der Waals surface area contributed by atoms with Gasteiger partial charge in [0.05, 0.1) is 30.1 Å². The van der Waals surface area contributed by atoms with Crippen LogP contribution >= 0.6 is 0 Å². The third-order valence-corrected chi connectivity index (χ3v) is 5.39. The van der Waals surface area contributed by atoms with Crippen LogP contribution in [0.5, 0.6) is 17.2 Å². The fourth-order valence-electron chi connectivity index (χ4n) is 3.83. The number of carbonyl (C=O) groups is 1. The van der Waals surface area contributed by atoms with Gasteiger partial charge in [-0.05, 0) is 12.1 Å². The molecule has 4 aromatic rings. The lowest BCUT2D eigenvalue weighted by molar-refractivity contribution is 0.103. The number of hydrogen-bond donors (Lipinski definition) is 0. The summed E-state index contributed by atoms with van der Waals surface area (Å²) in [5.74, 6) is 1.48. The van der Waals surface area contributed by atoms with Gasteiger partial charge < -0.3 is 18.8 Å². The van der Waals surface area contributed by atoms with Gasteiger partial charge in [-0.2, -0.15) is 0 Å². The first-order chi connectivity index (χ1) is 15.2. The number of methoxy groups -OCH3 is 1. The topological polar surface area (TPSA) is 66.8 Å². The van der Waals surface area contributed by atoms with Crippen LogP contribution in [0.25, 0.3) is 10.9 Å². The molecule has 0 aliphatic carbocycles. The minimum Gasteiger partial charge on any atom is -0.496 e. The van der Waals surface area contributed by atoms with Crippen molar-refractivity contribution in [2.45, 2.75) is 6.54 Å². The van der Waals surface area contributed by atoms with E-state index in [9.17, 15) is 9.59 Å². The second-order valence-corrected chi connectivity index (χ2v) is 7.23. The Labute approximate surface area is 178 Å². The minimum atomic E-state index is -0.335. The molecule has 0 unspecified atom stereocenters. The summed E-state index contributed by atoms with van der Waals surface area (Å²) in [6.07, 6.45) is 1.62. The number of aromatic nitrogens is 1. The molecule has 6 nitrogen and oxygen atoms in total. The van der Waals surface area contributed by atoms with Crippen molar-refractivity contribution < 1.29 is 19.0 Å². The van der Waals surface area contributed by atoms with Crippen molar-refractivity contribution in [1.29, 1.82) is 0 Å². The van der Waals surface area contributed by atoms with Crippen LogP contribution in [0, 0.1) is 0 Å². The number of para-hydroxylation sites is 1. The maximum atomic E-state index is 13.3. The van der Waals surface area contributed by atoms with Crippen LogP contribution < -0.4 is 19.6 Å². The highest BCUT2D eigenvalue weighted by atomic mass is 16.7. The van der Waals surface area contributed by atoms with Crippen LogP contribution in [0.3, 0.4) is 0 Å². The van der Waals surface area contributed by atoms with Crippen LogP contribution in [0.4, 0.5) is 0 Å². The number of rotatable bonds is 5. The van der Waals surface area contributed by atoms with E-state index in [0.717, 1.165) is 11.3 Å². The summed E-state index contributed by atoms with van der Waals surface area (Å²) >= 11 is 0. The van der Waals surface area contributed by atoms with Gasteiger partial charge in [0, 0.05) is 23.4 Å². The first kappa shape index (κ1) is 18.9. The predicted octanol–water partition coefficient (Wildman–Crippen LogP) is 4.02. The van der Waals surface area contributed by atoms with Crippen molar-refractivity contribution in [3.05, 3.63) is 99.8 Å². The van der Waals surface area contributed by atoms with E-state index in [1.807, 2.05) is 34.9 Å². The lowest BCUT2D eigenvalue weighted by atomic mass is 10.0. The third-order valence-electron chi connectivity index (χ3n) is 5.39. The molecular formula is C25H19NO5. The lowest BCUT2D eigenvalue weighted by Crippen LogP contribution is -2.20. The minimum absolute atomic E-state index is 0.0994. The Morgan fingerprint density at radius 3 is 2.48 bits per heavy atom. The van der Waals surface area contributed by atoms with Gasteiger partial charge in [-0.15, -0.1) is 0 Å². The fourth-order valence-corrected chi connectivity index (χ4v) is 3.83. The Balaban J connectivity index is 1.73. The summed E-state index contributed by atoms with van der Waals surface area (Å²) in [5.41, 5.74) is 1.81. The number of pyridine rings is 1. The summed E-state index contributed by atoms with van der Waals surface area (Å²) in [7, 11) is 1.62. The van der Waals surface area contributed by atoms with E-state index in [2.05, 4.69) is 0 Å². The molecule has 0 bridgehead atoms. The Morgan fingerprint density at radius 1 is 1.00 bits per heavy atom. The van der Waals surface area contributed by atoms with E-state index in [1.54, 1.807) is 49.7 Å². The molecule has 0 spiro atoms. The van der Waals surface area contributed by atoms with E-state index in [0.29, 0.717) is 34.5 Å². The van der Waals surface area contributed by atoms with E-state index in [-0.39, 0.29) is 23.6 Å². The molecule has 1 aromatic heterocycles. The van der Waals surface area contributed by atoms with Crippen LogP contribution in [0.15, 0.2) is 77.7 Å². The van der Waals surface area contributed by atoms with Gasteiger partial charge in [0.1, 0.15) is 5.75 Å². The highest BCUT2D eigenvalue weighted by Gasteiger charge is 2.22. The average Bonchev–Trinajstić information content (AvgIpc) is 3.28. The van der Waals surface area contributed by atoms with Crippen molar-refractivity contribution in [1.82, 2.24) is 4.57 Å². The second-order valence-electron chi connectivity index (χ2n) is 7.23. The zero-order chi connectivity index (χ0) is 21.4. The highest BCUT2D eigenvalue weighted by molar-refractivity contribution is 6.10. The molecule has 154 valence electrons. The van der Waals surface area contributed by atoms with Crippen LogP contribution in [-0.4, -0.2) is 24.3 Å². The van der Waals surface area contributed by atoms with Crippen molar-refractivity contribution in [2.75, 3.05) is 13.9 Å². The van der Waals surface area contributed by atoms with Crippen molar-refractivity contribution in [2.24, 2.45) is 0 Å². The molecule has 31 heavy (non-hydrogen) atoms. The first-order valence-corrected chi connectivity index (χ1v) is 9.84. The molecule has 5 rings (SSSR count). The van der Waals surface area contributed by atoms with E-state index < -0.39 is 0 Å². The van der Waals surface area contributed by atoms with Gasteiger partial charge in [0.2, 0.25) is 12.2 Å². The summed E-state index contributed by atoms with van der Waals surface area (Å²) < 4.78 is 18.3. The van der Waals surface area contributed by atoms with Gasteiger partial charge >= 0.3 is 0 Å². The molecule has 1 aliphatic rings. The normalized spacial score (nSPS) is 12.2. The number of carbonyl (C=O) groups excluding carboxylic acids is 1. The van der Waals surface area contributed by atoms with Gasteiger partial charge in [0.25, 0.3) is 0 Å². The average molecular weight is 413 g/mol. The SMILES string of the molecule is COc1ccccc1Cn1cc(C(=O)c2ccccc2)c(=O)c2cc3c(cc21)OCO3. The molecule has 6 heteroatoms. The van der Waals surface area contributed by atoms with E-state index in [4.69, 9.17) is 14.2 Å². The van der Waals surface area contributed by atoms with Gasteiger partial charge in [-0.25, -0.2) is 0 Å². The number of benzene rings is 3. The Kier molecular flexibility index (Phi) is 4.67. The summed E-state index contributed by atoms with van der Waals surface area (Å²) in [5, 5.41) is 0.404. The number of ether oxygens (including phenoxy) is 3. The third kappa shape index (κ3) is 3.32. The van der Waals surface area contributed by atoms with Crippen molar-refractivity contribution in [3.8, 4) is 17.2 Å². The largest absolute Gasteiger partial charge is 0.496 e. The number of nitrogens with zero attached hydrogens (tertiary/aromatic N) is 1. The zero-order valence-corrected chi connectivity index (χ0v) is 16.8. The Bertz CT molecular complexity index is 1360. The maximum absolute atomic E-state index is 13.3. The molecule has 0 radical (unpaired) electrons. The highest BCUT2D eigenvalue weighted by Crippen LogP contribution is 2.35. The predicted molar refractivity (Wildman–Crippen MR) is 116 cm³/mol. The van der Waals surface area contributed by atoms with Gasteiger partial charge in [-0.1, -0.05) is 48.5 Å². The summed E-state index contributed by atoms with van der Waals surface area (Å²) in [6, 6.07) is 19.9. The zero-order valence-electron chi connectivity index (χ0n) is 16.8. The lowest BCUT2D eigenvalue weighted by Gasteiger charge is -2.16. The molecule has 0 amide bonds. The maximum Gasteiger partial charge on any atom is 0.231 e. The molecule has 0 atom stereocenters.